The van der Waals surface area contributed by atoms with Gasteiger partial charge in [0.25, 0.3) is 0 Å². The zero-order chi connectivity index (χ0) is 19.9. The molecule has 1 saturated carbocycles. The molecule has 0 radical (unpaired) electrons. The molecule has 1 saturated heterocycles. The molecule has 28 heavy (non-hydrogen) atoms. The van der Waals surface area contributed by atoms with Crippen LogP contribution in [0.5, 0.6) is 0 Å². The van der Waals surface area contributed by atoms with Crippen molar-refractivity contribution in [1.29, 1.82) is 0 Å². The molecule has 1 aliphatic heterocycles. The first-order valence-electron chi connectivity index (χ1n) is 10.8. The fourth-order valence-corrected chi connectivity index (χ4v) is 7.19. The van der Waals surface area contributed by atoms with E-state index in [2.05, 4.69) is 24.3 Å². The van der Waals surface area contributed by atoms with Gasteiger partial charge in [0.05, 0.1) is 5.25 Å². The number of rotatable bonds is 6. The average molecular weight is 405 g/mol. The average Bonchev–Trinajstić information content (AvgIpc) is 3.51. The molecule has 2 fully saturated rings. The maximum atomic E-state index is 12.7. The Hall–Kier alpha value is -1.40. The van der Waals surface area contributed by atoms with Crippen molar-refractivity contribution in [1.82, 2.24) is 9.21 Å². The van der Waals surface area contributed by atoms with Crippen molar-refractivity contribution in [2.24, 2.45) is 0 Å². The van der Waals surface area contributed by atoms with Gasteiger partial charge < -0.3 is 4.90 Å². The van der Waals surface area contributed by atoms with Gasteiger partial charge in [0.2, 0.25) is 15.9 Å². The molecule has 0 aromatic heterocycles. The molecule has 1 aromatic carbocycles. The third kappa shape index (κ3) is 3.39. The molecule has 6 heteroatoms. The van der Waals surface area contributed by atoms with Crippen LogP contribution in [-0.4, -0.2) is 55.0 Å². The van der Waals surface area contributed by atoms with Crippen LogP contribution in [0, 0.1) is 0 Å². The summed E-state index contributed by atoms with van der Waals surface area (Å²) in [6, 6.07) is 8.54. The van der Waals surface area contributed by atoms with E-state index >= 15 is 0 Å². The summed E-state index contributed by atoms with van der Waals surface area (Å²) in [6.45, 7) is 6.79. The molecule has 2 aliphatic carbocycles. The second-order valence-corrected chi connectivity index (χ2v) is 10.9. The molecule has 1 atom stereocenters. The highest BCUT2D eigenvalue weighted by molar-refractivity contribution is 7.90. The predicted molar refractivity (Wildman–Crippen MR) is 111 cm³/mol. The van der Waals surface area contributed by atoms with E-state index in [9.17, 15) is 13.2 Å². The van der Waals surface area contributed by atoms with Gasteiger partial charge in [0.1, 0.15) is 0 Å². The number of fused-ring (bicyclic) bond motifs is 2. The number of hydrogen-bond acceptors (Lipinski definition) is 3. The molecule has 1 amide bonds. The number of sulfonamides is 1. The number of hydrogen-bond donors (Lipinski definition) is 0. The highest BCUT2D eigenvalue weighted by Gasteiger charge is 2.49. The number of carbonyl (C=O) groups is 1. The molecular formula is C22H32N2O3S. The molecule has 3 aliphatic rings. The van der Waals surface area contributed by atoms with E-state index in [4.69, 9.17) is 0 Å². The van der Waals surface area contributed by atoms with E-state index in [1.807, 2.05) is 18.7 Å². The molecule has 1 heterocycles. The van der Waals surface area contributed by atoms with Crippen molar-refractivity contribution < 1.29 is 13.2 Å². The standard InChI is InChI=1S/C22H32N2O3S/c1-3-23(4-2)21(25)15-17-16-22(20-8-6-5-7-19(17)20)11-13-24(14-12-22)28(26,27)18-9-10-18/h5-8,17-18H,3-4,9-16H2,1-2H3/t17-/m1/s1. The molecule has 0 unspecified atom stereocenters. The Morgan fingerprint density at radius 1 is 1.14 bits per heavy atom. The third-order valence-electron chi connectivity index (χ3n) is 7.13. The van der Waals surface area contributed by atoms with Gasteiger partial charge in [-0.15, -0.1) is 0 Å². The van der Waals surface area contributed by atoms with E-state index in [0.29, 0.717) is 19.5 Å². The summed E-state index contributed by atoms with van der Waals surface area (Å²) in [4.78, 5) is 14.7. The maximum Gasteiger partial charge on any atom is 0.223 e. The first-order chi connectivity index (χ1) is 13.4. The number of benzene rings is 1. The molecule has 154 valence electrons. The second-order valence-electron chi connectivity index (χ2n) is 8.68. The van der Waals surface area contributed by atoms with Gasteiger partial charge in [-0.05, 0) is 68.4 Å². The molecular weight excluding hydrogens is 372 g/mol. The summed E-state index contributed by atoms with van der Waals surface area (Å²) in [5, 5.41) is -0.128. The lowest BCUT2D eigenvalue weighted by Gasteiger charge is -2.40. The largest absolute Gasteiger partial charge is 0.343 e. The van der Waals surface area contributed by atoms with Crippen molar-refractivity contribution in [3.8, 4) is 0 Å². The van der Waals surface area contributed by atoms with Gasteiger partial charge in [-0.2, -0.15) is 0 Å². The number of nitrogens with zero attached hydrogens (tertiary/aromatic N) is 2. The fourth-order valence-electron chi connectivity index (χ4n) is 5.34. The molecule has 1 spiro atoms. The first kappa shape index (κ1) is 19.9. The van der Waals surface area contributed by atoms with Gasteiger partial charge in [0.15, 0.2) is 0 Å². The van der Waals surface area contributed by atoms with Crippen molar-refractivity contribution in [2.75, 3.05) is 26.2 Å². The second kappa shape index (κ2) is 7.45. The Labute approximate surface area is 169 Å². The predicted octanol–water partition coefficient (Wildman–Crippen LogP) is 3.26. The van der Waals surface area contributed by atoms with E-state index in [1.54, 1.807) is 4.31 Å². The summed E-state index contributed by atoms with van der Waals surface area (Å²) >= 11 is 0. The van der Waals surface area contributed by atoms with Crippen LogP contribution in [0.4, 0.5) is 0 Å². The van der Waals surface area contributed by atoms with Crippen LogP contribution in [0.1, 0.15) is 69.4 Å². The summed E-state index contributed by atoms with van der Waals surface area (Å²) in [5.74, 6) is 0.478. The Bertz CT molecular complexity index is 835. The minimum absolute atomic E-state index is 0.0281. The van der Waals surface area contributed by atoms with E-state index in [-0.39, 0.29) is 22.5 Å². The molecule has 1 aromatic rings. The molecule has 0 N–H and O–H groups in total. The van der Waals surface area contributed by atoms with Crippen molar-refractivity contribution >= 4 is 15.9 Å². The van der Waals surface area contributed by atoms with Gasteiger partial charge in [0, 0.05) is 32.6 Å². The summed E-state index contributed by atoms with van der Waals surface area (Å²) < 4.78 is 27.0. The summed E-state index contributed by atoms with van der Waals surface area (Å²) in [5.41, 5.74) is 2.69. The maximum absolute atomic E-state index is 12.7. The Balaban J connectivity index is 1.52. The smallest absolute Gasteiger partial charge is 0.223 e. The van der Waals surface area contributed by atoms with Crippen LogP contribution in [0.2, 0.25) is 0 Å². The summed E-state index contributed by atoms with van der Waals surface area (Å²) in [6.07, 6.45) is 4.91. The minimum Gasteiger partial charge on any atom is -0.343 e. The van der Waals surface area contributed by atoms with E-state index in [1.165, 1.54) is 11.1 Å². The topological polar surface area (TPSA) is 57.7 Å². The highest BCUT2D eigenvalue weighted by atomic mass is 32.2. The first-order valence-corrected chi connectivity index (χ1v) is 12.3. The number of carbonyl (C=O) groups excluding carboxylic acids is 1. The normalized spacial score (nSPS) is 24.3. The Morgan fingerprint density at radius 2 is 1.79 bits per heavy atom. The zero-order valence-corrected chi connectivity index (χ0v) is 17.9. The Kier molecular flexibility index (Phi) is 5.29. The fraction of sp³-hybridized carbons (Fsp3) is 0.682. The van der Waals surface area contributed by atoms with Crippen LogP contribution in [0.25, 0.3) is 0 Å². The van der Waals surface area contributed by atoms with Crippen LogP contribution in [0.3, 0.4) is 0 Å². The van der Waals surface area contributed by atoms with Gasteiger partial charge in [-0.1, -0.05) is 24.3 Å². The van der Waals surface area contributed by atoms with E-state index in [0.717, 1.165) is 45.2 Å². The van der Waals surface area contributed by atoms with Gasteiger partial charge >= 0.3 is 0 Å². The van der Waals surface area contributed by atoms with Crippen molar-refractivity contribution in [3.63, 3.8) is 0 Å². The minimum atomic E-state index is -3.09. The number of piperidine rings is 1. The van der Waals surface area contributed by atoms with Crippen molar-refractivity contribution in [2.45, 2.75) is 69.0 Å². The summed E-state index contributed by atoms with van der Waals surface area (Å²) in [7, 11) is -3.09. The van der Waals surface area contributed by atoms with Crippen molar-refractivity contribution in [3.05, 3.63) is 35.4 Å². The molecule has 5 nitrogen and oxygen atoms in total. The molecule has 0 bridgehead atoms. The lowest BCUT2D eigenvalue weighted by Crippen LogP contribution is -2.45. The SMILES string of the molecule is CCN(CC)C(=O)C[C@@H]1CC2(CCN(S(=O)(=O)C3CC3)CC2)c2ccccc21. The van der Waals surface area contributed by atoms with E-state index < -0.39 is 10.0 Å². The Morgan fingerprint density at radius 3 is 2.39 bits per heavy atom. The van der Waals surface area contributed by atoms with Crippen LogP contribution >= 0.6 is 0 Å². The van der Waals surface area contributed by atoms with Gasteiger partial charge in [-0.3, -0.25) is 4.79 Å². The van der Waals surface area contributed by atoms with Crippen LogP contribution in [0.15, 0.2) is 24.3 Å². The molecule has 4 rings (SSSR count). The zero-order valence-electron chi connectivity index (χ0n) is 17.1. The number of amides is 1. The van der Waals surface area contributed by atoms with Crippen LogP contribution < -0.4 is 0 Å². The lowest BCUT2D eigenvalue weighted by molar-refractivity contribution is -0.131. The monoisotopic (exact) mass is 404 g/mol. The quantitative estimate of drug-likeness (QED) is 0.731. The third-order valence-corrected chi connectivity index (χ3v) is 9.53. The highest BCUT2D eigenvalue weighted by Crippen LogP contribution is 2.53. The van der Waals surface area contributed by atoms with Gasteiger partial charge in [-0.25, -0.2) is 12.7 Å². The lowest BCUT2D eigenvalue weighted by atomic mass is 9.73. The van der Waals surface area contributed by atoms with Crippen LogP contribution in [-0.2, 0) is 20.2 Å².